The van der Waals surface area contributed by atoms with Crippen molar-refractivity contribution in [2.45, 2.75) is 23.4 Å². The number of aliphatic hydroxyl groups is 1. The molecule has 4 aromatic rings. The average molecular weight is 605 g/mol. The van der Waals surface area contributed by atoms with Gasteiger partial charge in [-0.25, -0.2) is 32.3 Å². The molecule has 0 radical (unpaired) electrons. The second kappa shape index (κ2) is 11.4. The molecule has 1 saturated heterocycles. The topological polar surface area (TPSA) is 109 Å². The third-order valence-electron chi connectivity index (χ3n) is 7.28. The quantitative estimate of drug-likeness (QED) is 0.287. The molecular formula is C29H25F5N4O3S. The summed E-state index contributed by atoms with van der Waals surface area (Å²) in [5.74, 6) is -3.27. The van der Waals surface area contributed by atoms with Crippen LogP contribution in [-0.4, -0.2) is 43.2 Å². The van der Waals surface area contributed by atoms with Crippen LogP contribution in [0, 0.1) is 17.6 Å². The molecule has 0 saturated carbocycles. The van der Waals surface area contributed by atoms with Crippen LogP contribution in [0.4, 0.5) is 27.8 Å². The summed E-state index contributed by atoms with van der Waals surface area (Å²) in [7, 11) is -4.18. The minimum Gasteiger partial charge on any atom is -0.396 e. The highest BCUT2D eigenvalue weighted by Crippen LogP contribution is 2.43. The van der Waals surface area contributed by atoms with Gasteiger partial charge >= 0.3 is 6.18 Å². The number of benzene rings is 3. The van der Waals surface area contributed by atoms with E-state index in [1.807, 2.05) is 0 Å². The lowest BCUT2D eigenvalue weighted by Gasteiger charge is -2.39. The van der Waals surface area contributed by atoms with Gasteiger partial charge in [-0.1, -0.05) is 24.3 Å². The third kappa shape index (κ3) is 6.13. The number of hydrogen-bond acceptors (Lipinski definition) is 6. The van der Waals surface area contributed by atoms with Gasteiger partial charge in [0, 0.05) is 31.2 Å². The van der Waals surface area contributed by atoms with E-state index in [2.05, 4.69) is 9.97 Å². The van der Waals surface area contributed by atoms with Crippen LogP contribution >= 0.6 is 0 Å². The zero-order valence-electron chi connectivity index (χ0n) is 21.9. The zero-order chi connectivity index (χ0) is 30.2. The van der Waals surface area contributed by atoms with Crippen LogP contribution in [0.1, 0.15) is 23.7 Å². The molecule has 2 unspecified atom stereocenters. The molecule has 7 nitrogen and oxygen atoms in total. The van der Waals surface area contributed by atoms with E-state index in [9.17, 15) is 35.5 Å². The maximum absolute atomic E-state index is 14.1. The largest absolute Gasteiger partial charge is 0.451 e. The van der Waals surface area contributed by atoms with Gasteiger partial charge in [0.1, 0.15) is 17.5 Å². The van der Waals surface area contributed by atoms with E-state index in [-0.39, 0.29) is 58.7 Å². The molecule has 0 bridgehead atoms. The van der Waals surface area contributed by atoms with Crippen LogP contribution in [0.5, 0.6) is 0 Å². The molecule has 5 rings (SSSR count). The lowest BCUT2D eigenvalue weighted by atomic mass is 9.80. The Morgan fingerprint density at radius 2 is 1.57 bits per heavy atom. The Kier molecular flexibility index (Phi) is 8.01. The van der Waals surface area contributed by atoms with Gasteiger partial charge < -0.3 is 10.0 Å². The number of piperidine rings is 1. The molecule has 0 aliphatic carbocycles. The van der Waals surface area contributed by atoms with Crippen molar-refractivity contribution in [2.24, 2.45) is 11.1 Å². The summed E-state index contributed by atoms with van der Waals surface area (Å²) < 4.78 is 94.0. The number of rotatable bonds is 6. The number of halogens is 5. The molecule has 3 N–H and O–H groups in total. The van der Waals surface area contributed by atoms with E-state index in [1.165, 1.54) is 48.5 Å². The molecule has 2 atom stereocenters. The average Bonchev–Trinajstić information content (AvgIpc) is 2.96. The fraction of sp³-hybridized carbons (Fsp3) is 0.241. The molecule has 1 fully saturated rings. The van der Waals surface area contributed by atoms with Gasteiger partial charge in [-0.3, -0.25) is 0 Å². The maximum atomic E-state index is 14.1. The zero-order valence-corrected chi connectivity index (χ0v) is 22.7. The highest BCUT2D eigenvalue weighted by molar-refractivity contribution is 7.89. The first-order chi connectivity index (χ1) is 19.8. The Balaban J connectivity index is 1.71. The van der Waals surface area contributed by atoms with Crippen LogP contribution in [0.3, 0.4) is 0 Å². The van der Waals surface area contributed by atoms with E-state index < -0.39 is 39.6 Å². The fourth-order valence-electron chi connectivity index (χ4n) is 5.27. The van der Waals surface area contributed by atoms with Gasteiger partial charge in [0.05, 0.1) is 16.2 Å². The maximum Gasteiger partial charge on any atom is 0.451 e. The second-order valence-electron chi connectivity index (χ2n) is 10.0. The summed E-state index contributed by atoms with van der Waals surface area (Å²) in [4.78, 5) is 9.06. The van der Waals surface area contributed by atoms with Gasteiger partial charge in [0.2, 0.25) is 15.8 Å². The number of alkyl halides is 3. The van der Waals surface area contributed by atoms with Gasteiger partial charge in [-0.05, 0) is 72.0 Å². The van der Waals surface area contributed by atoms with Gasteiger partial charge in [-0.2, -0.15) is 13.2 Å². The minimum atomic E-state index is -4.95. The molecule has 2 heterocycles. The Morgan fingerprint density at radius 3 is 2.17 bits per heavy atom. The number of aromatic nitrogens is 2. The van der Waals surface area contributed by atoms with E-state index >= 15 is 0 Å². The van der Waals surface area contributed by atoms with Gasteiger partial charge in [-0.15, -0.1) is 0 Å². The predicted molar refractivity (Wildman–Crippen MR) is 146 cm³/mol. The van der Waals surface area contributed by atoms with Gasteiger partial charge in [0.15, 0.2) is 0 Å². The van der Waals surface area contributed by atoms with Gasteiger partial charge in [0.25, 0.3) is 0 Å². The van der Waals surface area contributed by atoms with Crippen LogP contribution in [-0.2, 0) is 16.2 Å². The van der Waals surface area contributed by atoms with Crippen LogP contribution in [0.15, 0.2) is 77.7 Å². The first-order valence-electron chi connectivity index (χ1n) is 12.8. The van der Waals surface area contributed by atoms with Crippen LogP contribution in [0.25, 0.3) is 22.4 Å². The highest BCUT2D eigenvalue weighted by Gasteiger charge is 2.39. The molecule has 1 aliphatic heterocycles. The summed E-state index contributed by atoms with van der Waals surface area (Å²) in [6.07, 6.45) is -4.56. The smallest absolute Gasteiger partial charge is 0.396 e. The first-order valence-corrected chi connectivity index (χ1v) is 14.4. The van der Waals surface area contributed by atoms with Crippen molar-refractivity contribution in [3.63, 3.8) is 0 Å². The van der Waals surface area contributed by atoms with E-state index in [1.54, 1.807) is 17.0 Å². The van der Waals surface area contributed by atoms with Crippen molar-refractivity contribution in [2.75, 3.05) is 24.6 Å². The van der Waals surface area contributed by atoms with Crippen molar-refractivity contribution in [3.05, 3.63) is 95.8 Å². The van der Waals surface area contributed by atoms with Crippen molar-refractivity contribution in [3.8, 4) is 22.4 Å². The van der Waals surface area contributed by atoms with E-state index in [0.29, 0.717) is 6.42 Å². The molecule has 1 aliphatic rings. The SMILES string of the molecule is NS(=O)(=O)c1cccc(-c2c(-c3ccc(F)cc3)nc(C(F)(F)F)nc2N2CCC(c3ccc(F)cc3)C(CO)C2)c1. The Hall–Kier alpha value is -3.94. The lowest BCUT2D eigenvalue weighted by Crippen LogP contribution is -2.42. The molecule has 13 heteroatoms. The molecule has 1 aromatic heterocycles. The number of anilines is 1. The van der Waals surface area contributed by atoms with Crippen molar-refractivity contribution >= 4 is 15.8 Å². The molecule has 220 valence electrons. The van der Waals surface area contributed by atoms with Crippen molar-refractivity contribution < 1.29 is 35.5 Å². The standard InChI is InChI=1S/C29H25F5N4O3S/c30-21-8-4-17(5-9-21)24-12-13-38(15-20(24)16-39)27-25(19-2-1-3-23(14-19)42(35,40)41)26(18-6-10-22(31)11-7-18)36-28(37-27)29(32,33)34/h1-11,14,20,24,39H,12-13,15-16H2,(H2,35,40,41). The number of nitrogens with zero attached hydrogens (tertiary/aromatic N) is 3. The van der Waals surface area contributed by atoms with Crippen molar-refractivity contribution in [1.82, 2.24) is 9.97 Å². The minimum absolute atomic E-state index is 0.0806. The summed E-state index contributed by atoms with van der Waals surface area (Å²) in [5, 5.41) is 15.6. The first kappa shape index (κ1) is 29.5. The number of aliphatic hydroxyl groups excluding tert-OH is 1. The predicted octanol–water partition coefficient (Wildman–Crippen LogP) is 5.36. The molecule has 42 heavy (non-hydrogen) atoms. The highest BCUT2D eigenvalue weighted by atomic mass is 32.2. The van der Waals surface area contributed by atoms with Crippen LogP contribution < -0.4 is 10.0 Å². The number of sulfonamides is 1. The fourth-order valence-corrected chi connectivity index (χ4v) is 5.83. The Morgan fingerprint density at radius 1 is 0.929 bits per heavy atom. The Bertz CT molecular complexity index is 1700. The van der Waals surface area contributed by atoms with E-state index in [4.69, 9.17) is 5.14 Å². The summed E-state index contributed by atoms with van der Waals surface area (Å²) >= 11 is 0. The molecular weight excluding hydrogens is 579 g/mol. The molecule has 0 amide bonds. The van der Waals surface area contributed by atoms with E-state index in [0.717, 1.165) is 17.7 Å². The normalized spacial score (nSPS) is 17.8. The number of nitrogens with two attached hydrogens (primary N) is 1. The summed E-state index contributed by atoms with van der Waals surface area (Å²) in [6.45, 7) is -0.0218. The summed E-state index contributed by atoms with van der Waals surface area (Å²) in [6, 6.07) is 15.9. The number of primary sulfonamides is 1. The number of hydrogen-bond donors (Lipinski definition) is 2. The Labute approximate surface area is 238 Å². The second-order valence-corrected chi connectivity index (χ2v) is 11.6. The molecule has 3 aromatic carbocycles. The molecule has 0 spiro atoms. The third-order valence-corrected chi connectivity index (χ3v) is 8.19. The lowest BCUT2D eigenvalue weighted by molar-refractivity contribution is -0.144. The van der Waals surface area contributed by atoms with Crippen LogP contribution in [0.2, 0.25) is 0 Å². The monoisotopic (exact) mass is 604 g/mol. The van der Waals surface area contributed by atoms with Crippen molar-refractivity contribution in [1.29, 1.82) is 0 Å². The summed E-state index contributed by atoms with van der Waals surface area (Å²) in [5.41, 5.74) is 0.978.